The molecule has 1 fully saturated rings. The summed E-state index contributed by atoms with van der Waals surface area (Å²) in [7, 11) is -3.57. The van der Waals surface area contributed by atoms with Crippen LogP contribution in [-0.4, -0.2) is 34.1 Å². The van der Waals surface area contributed by atoms with Gasteiger partial charge in [0.05, 0.1) is 27.7 Å². The molecule has 0 amide bonds. The van der Waals surface area contributed by atoms with Crippen molar-refractivity contribution >= 4 is 32.5 Å². The molecule has 1 aliphatic rings. The molecule has 2 N–H and O–H groups in total. The van der Waals surface area contributed by atoms with Crippen molar-refractivity contribution < 1.29 is 22.4 Å². The lowest BCUT2D eigenvalue weighted by Crippen LogP contribution is -2.17. The molecule has 7 nitrogen and oxygen atoms in total. The first-order valence-electron chi connectivity index (χ1n) is 10.5. The summed E-state index contributed by atoms with van der Waals surface area (Å²) in [5.74, 6) is -1.46. The number of hydrogen-bond donors (Lipinski definition) is 2. The van der Waals surface area contributed by atoms with Crippen molar-refractivity contribution in [3.63, 3.8) is 0 Å². The summed E-state index contributed by atoms with van der Waals surface area (Å²) in [6.45, 7) is 1.66. The van der Waals surface area contributed by atoms with E-state index in [1.807, 2.05) is 0 Å². The van der Waals surface area contributed by atoms with Crippen molar-refractivity contribution in [2.45, 2.75) is 25.0 Å². The van der Waals surface area contributed by atoms with Gasteiger partial charge in [-0.15, -0.1) is 0 Å². The highest BCUT2D eigenvalue weighted by molar-refractivity contribution is 7.93. The molecule has 0 saturated heterocycles. The SMILES string of the molecule is C/C(=N\O)c1ccc2c(c1)ncn2-c1cc(NS(=O)(=O)C2CC2)cc(-c2ccc(F)cc2F)c1. The number of imidazole rings is 1. The second-order valence-electron chi connectivity index (χ2n) is 8.24. The van der Waals surface area contributed by atoms with Crippen LogP contribution in [0.1, 0.15) is 25.3 Å². The number of benzene rings is 3. The van der Waals surface area contributed by atoms with Gasteiger partial charge in [-0.3, -0.25) is 9.29 Å². The average Bonchev–Trinajstić information content (AvgIpc) is 3.58. The van der Waals surface area contributed by atoms with Crippen LogP contribution in [0.5, 0.6) is 0 Å². The Morgan fingerprint density at radius 3 is 2.62 bits per heavy atom. The van der Waals surface area contributed by atoms with Crippen LogP contribution < -0.4 is 4.72 Å². The van der Waals surface area contributed by atoms with Crippen LogP contribution in [0.15, 0.2) is 66.1 Å². The number of fused-ring (bicyclic) bond motifs is 1. The second kappa shape index (κ2) is 8.21. The molecule has 0 unspecified atom stereocenters. The number of oxime groups is 1. The van der Waals surface area contributed by atoms with Crippen LogP contribution >= 0.6 is 0 Å². The molecule has 174 valence electrons. The van der Waals surface area contributed by atoms with Crippen LogP contribution in [0.3, 0.4) is 0 Å². The van der Waals surface area contributed by atoms with Crippen LogP contribution in [0.4, 0.5) is 14.5 Å². The van der Waals surface area contributed by atoms with E-state index in [4.69, 9.17) is 5.21 Å². The van der Waals surface area contributed by atoms with Gasteiger partial charge in [0.15, 0.2) is 0 Å². The number of sulfonamides is 1. The molecule has 0 atom stereocenters. The van der Waals surface area contributed by atoms with Gasteiger partial charge in [0, 0.05) is 22.9 Å². The molecule has 0 spiro atoms. The van der Waals surface area contributed by atoms with Crippen LogP contribution in [0.25, 0.3) is 27.8 Å². The Morgan fingerprint density at radius 1 is 1.12 bits per heavy atom. The van der Waals surface area contributed by atoms with E-state index in [0.29, 0.717) is 46.4 Å². The molecule has 34 heavy (non-hydrogen) atoms. The molecule has 5 rings (SSSR count). The molecule has 0 radical (unpaired) electrons. The van der Waals surface area contributed by atoms with Crippen molar-refractivity contribution in [1.82, 2.24) is 9.55 Å². The Morgan fingerprint density at radius 2 is 1.91 bits per heavy atom. The number of halogens is 2. The first kappa shape index (κ1) is 22.0. The number of aromatic nitrogens is 2. The molecule has 4 aromatic rings. The third kappa shape index (κ3) is 4.12. The van der Waals surface area contributed by atoms with Gasteiger partial charge in [0.2, 0.25) is 10.0 Å². The Labute approximate surface area is 194 Å². The number of nitrogens with one attached hydrogen (secondary N) is 1. The van der Waals surface area contributed by atoms with E-state index in [1.54, 1.807) is 48.1 Å². The summed E-state index contributed by atoms with van der Waals surface area (Å²) in [4.78, 5) is 4.41. The molecule has 10 heteroatoms. The lowest BCUT2D eigenvalue weighted by molar-refractivity contribution is 0.319. The normalized spacial score (nSPS) is 14.5. The van der Waals surface area contributed by atoms with Gasteiger partial charge in [-0.2, -0.15) is 0 Å². The van der Waals surface area contributed by atoms with E-state index in [-0.39, 0.29) is 11.3 Å². The van der Waals surface area contributed by atoms with Gasteiger partial charge in [0.25, 0.3) is 0 Å². The van der Waals surface area contributed by atoms with Crippen LogP contribution in [0, 0.1) is 11.6 Å². The summed E-state index contributed by atoms with van der Waals surface area (Å²) >= 11 is 0. The monoisotopic (exact) mass is 482 g/mol. The van der Waals surface area contributed by atoms with E-state index in [0.717, 1.165) is 12.1 Å². The average molecular weight is 483 g/mol. The predicted octanol–water partition coefficient (Wildman–Crippen LogP) is 5.07. The van der Waals surface area contributed by atoms with E-state index in [2.05, 4.69) is 14.9 Å². The zero-order valence-corrected chi connectivity index (χ0v) is 18.9. The Kier molecular flexibility index (Phi) is 5.32. The highest BCUT2D eigenvalue weighted by Crippen LogP contribution is 2.34. The van der Waals surface area contributed by atoms with E-state index < -0.39 is 26.9 Å². The van der Waals surface area contributed by atoms with Gasteiger partial charge >= 0.3 is 0 Å². The van der Waals surface area contributed by atoms with Gasteiger partial charge in [-0.25, -0.2) is 22.2 Å². The maximum atomic E-state index is 14.6. The van der Waals surface area contributed by atoms with E-state index in [9.17, 15) is 17.2 Å². The largest absolute Gasteiger partial charge is 0.411 e. The fourth-order valence-corrected chi connectivity index (χ4v) is 5.19. The predicted molar refractivity (Wildman–Crippen MR) is 126 cm³/mol. The Balaban J connectivity index is 1.66. The lowest BCUT2D eigenvalue weighted by atomic mass is 10.0. The second-order valence-corrected chi connectivity index (χ2v) is 10.2. The molecule has 3 aromatic carbocycles. The van der Waals surface area contributed by atoms with Gasteiger partial charge in [0.1, 0.15) is 18.0 Å². The summed E-state index contributed by atoms with van der Waals surface area (Å²) < 4.78 is 57.6. The zero-order chi connectivity index (χ0) is 24.0. The summed E-state index contributed by atoms with van der Waals surface area (Å²) in [5, 5.41) is 11.8. The first-order valence-corrected chi connectivity index (χ1v) is 12.1. The summed E-state index contributed by atoms with van der Waals surface area (Å²) in [6, 6.07) is 13.4. The van der Waals surface area contributed by atoms with Gasteiger partial charge in [-0.1, -0.05) is 11.2 Å². The van der Waals surface area contributed by atoms with Crippen molar-refractivity contribution in [1.29, 1.82) is 0 Å². The maximum absolute atomic E-state index is 14.6. The Hall–Kier alpha value is -3.79. The molecule has 0 bridgehead atoms. The third-order valence-electron chi connectivity index (χ3n) is 5.78. The standard InChI is InChI=1S/C24H20F2N4O3S/c1-14(28-31)15-2-7-24-23(10-15)27-13-30(24)19-9-16(21-6-3-17(25)11-22(21)26)8-18(12-19)29-34(32,33)20-4-5-20/h2-3,6-13,20,29,31H,4-5H2,1H3/b28-14+. The van der Waals surface area contributed by atoms with Crippen molar-refractivity contribution in [2.75, 3.05) is 4.72 Å². The molecule has 1 aliphatic carbocycles. The summed E-state index contributed by atoms with van der Waals surface area (Å²) in [6.07, 6.45) is 2.76. The molecule has 1 aromatic heterocycles. The minimum absolute atomic E-state index is 0.136. The molecule has 0 aliphatic heterocycles. The maximum Gasteiger partial charge on any atom is 0.235 e. The van der Waals surface area contributed by atoms with Crippen LogP contribution in [-0.2, 0) is 10.0 Å². The molecular weight excluding hydrogens is 462 g/mol. The van der Waals surface area contributed by atoms with Gasteiger partial charge < -0.3 is 5.21 Å². The van der Waals surface area contributed by atoms with E-state index >= 15 is 0 Å². The highest BCUT2D eigenvalue weighted by Gasteiger charge is 2.35. The minimum atomic E-state index is -3.57. The number of nitrogens with zero attached hydrogens (tertiary/aromatic N) is 3. The third-order valence-corrected chi connectivity index (χ3v) is 7.65. The number of anilines is 1. The lowest BCUT2D eigenvalue weighted by Gasteiger charge is -2.14. The van der Waals surface area contributed by atoms with Crippen LogP contribution in [0.2, 0.25) is 0 Å². The number of rotatable bonds is 6. The van der Waals surface area contributed by atoms with Crippen molar-refractivity contribution in [2.24, 2.45) is 5.16 Å². The summed E-state index contributed by atoms with van der Waals surface area (Å²) in [5.41, 5.74) is 3.78. The number of hydrogen-bond acceptors (Lipinski definition) is 5. The fourth-order valence-electron chi connectivity index (χ4n) is 3.82. The Bertz CT molecular complexity index is 1560. The van der Waals surface area contributed by atoms with E-state index in [1.165, 1.54) is 12.1 Å². The molecule has 1 heterocycles. The minimum Gasteiger partial charge on any atom is -0.411 e. The zero-order valence-electron chi connectivity index (χ0n) is 18.0. The van der Waals surface area contributed by atoms with Crippen molar-refractivity contribution in [3.8, 4) is 16.8 Å². The smallest absolute Gasteiger partial charge is 0.235 e. The topological polar surface area (TPSA) is 96.6 Å². The molecular formula is C24H20F2N4O3S. The van der Waals surface area contributed by atoms with Crippen molar-refractivity contribution in [3.05, 3.63) is 78.1 Å². The quantitative estimate of drug-likeness (QED) is 0.228. The molecule has 1 saturated carbocycles. The first-order chi connectivity index (χ1) is 16.2. The van der Waals surface area contributed by atoms with Gasteiger partial charge in [-0.05, 0) is 67.8 Å². The highest BCUT2D eigenvalue weighted by atomic mass is 32.2. The fraction of sp³-hybridized carbons (Fsp3) is 0.167.